The second-order valence-electron chi connectivity index (χ2n) is 5.28. The molecule has 0 fully saturated rings. The minimum Gasteiger partial charge on any atom is -0.287 e. The van der Waals surface area contributed by atoms with Gasteiger partial charge in [0.15, 0.2) is 0 Å². The molecule has 0 aliphatic heterocycles. The normalized spacial score (nSPS) is 11.6. The number of hydrogen-bond donors (Lipinski definition) is 0. The average molecular weight is 438 g/mol. The van der Waals surface area contributed by atoms with Crippen LogP contribution < -0.4 is 0 Å². The van der Waals surface area contributed by atoms with Gasteiger partial charge in [0, 0.05) is 20.3 Å². The Balaban J connectivity index is 1.97. The molecule has 0 aromatic heterocycles. The molecule has 3 aromatic carbocycles. The lowest BCUT2D eigenvalue weighted by Gasteiger charge is -2.04. The summed E-state index contributed by atoms with van der Waals surface area (Å²) in [6.07, 6.45) is 1.67. The highest BCUT2D eigenvalue weighted by Crippen LogP contribution is 2.11. The van der Waals surface area contributed by atoms with Crippen molar-refractivity contribution < 1.29 is 4.79 Å². The zero-order chi connectivity index (χ0) is 17.5. The van der Waals surface area contributed by atoms with Crippen LogP contribution in [0.1, 0.15) is 21.5 Å². The van der Waals surface area contributed by atoms with E-state index in [1.54, 1.807) is 18.3 Å². The maximum atomic E-state index is 12.8. The van der Waals surface area contributed by atoms with E-state index in [1.807, 2.05) is 72.8 Å². The van der Waals surface area contributed by atoms with Gasteiger partial charge in [-0.3, -0.25) is 4.79 Å². The first-order valence-corrected chi connectivity index (χ1v) is 8.84. The quantitative estimate of drug-likeness (QED) is 0.239. The van der Waals surface area contributed by atoms with Crippen molar-refractivity contribution in [3.05, 3.63) is 105 Å². The van der Waals surface area contributed by atoms with E-state index < -0.39 is 0 Å². The summed E-state index contributed by atoms with van der Waals surface area (Å²) in [5.41, 5.74) is 2.63. The van der Waals surface area contributed by atoms with Crippen LogP contribution in [0.3, 0.4) is 0 Å². The number of carbonyl (C=O) groups excluding carboxylic acids is 1. The summed E-state index contributed by atoms with van der Waals surface area (Å²) in [5.74, 6) is -0.147. The Morgan fingerprint density at radius 2 is 1.32 bits per heavy atom. The van der Waals surface area contributed by atoms with Crippen LogP contribution in [0.4, 0.5) is 0 Å². The van der Waals surface area contributed by atoms with Gasteiger partial charge in [0.1, 0.15) is 5.71 Å². The molecule has 0 aliphatic carbocycles. The number of halogens is 1. The summed E-state index contributed by atoms with van der Waals surface area (Å²) in [4.78, 5) is 12.8. The van der Waals surface area contributed by atoms with E-state index >= 15 is 0 Å². The highest BCUT2D eigenvalue weighted by atomic mass is 127. The Bertz CT molecular complexity index is 919. The number of benzene rings is 3. The Morgan fingerprint density at radius 1 is 0.760 bits per heavy atom. The highest BCUT2D eigenvalue weighted by molar-refractivity contribution is 14.1. The molecule has 0 amide bonds. The zero-order valence-electron chi connectivity index (χ0n) is 13.3. The lowest BCUT2D eigenvalue weighted by Crippen LogP contribution is -2.15. The summed E-state index contributed by atoms with van der Waals surface area (Å²) < 4.78 is 1.08. The first-order valence-electron chi connectivity index (χ1n) is 7.76. The maximum Gasteiger partial charge on any atom is 0.213 e. The molecule has 0 heterocycles. The number of carbonyl (C=O) groups is 1. The number of nitrogens with zero attached hydrogens (tertiary/aromatic N) is 2. The lowest BCUT2D eigenvalue weighted by atomic mass is 10.0. The number of Topliss-reactive ketones (excluding diaryl/α,β-unsaturated/α-hetero) is 1. The third kappa shape index (κ3) is 4.48. The summed E-state index contributed by atoms with van der Waals surface area (Å²) in [6.45, 7) is 0. The van der Waals surface area contributed by atoms with Crippen LogP contribution in [0.2, 0.25) is 0 Å². The molecule has 0 radical (unpaired) electrons. The number of ketones is 1. The number of rotatable bonds is 5. The Hall–Kier alpha value is -2.60. The fraction of sp³-hybridized carbons (Fsp3) is 0. The predicted octanol–water partition coefficient (Wildman–Crippen LogP) is 5.00. The van der Waals surface area contributed by atoms with Crippen LogP contribution in [0.5, 0.6) is 0 Å². The molecule has 0 N–H and O–H groups in total. The van der Waals surface area contributed by atoms with E-state index in [4.69, 9.17) is 0 Å². The van der Waals surface area contributed by atoms with Crippen molar-refractivity contribution in [3.63, 3.8) is 0 Å². The molecule has 3 rings (SSSR count). The molecular formula is C21H15IN2O. The smallest absolute Gasteiger partial charge is 0.213 e. The molecule has 0 aliphatic rings. The van der Waals surface area contributed by atoms with E-state index in [0.29, 0.717) is 11.3 Å². The largest absolute Gasteiger partial charge is 0.287 e. The van der Waals surface area contributed by atoms with Crippen LogP contribution in [0, 0.1) is 3.57 Å². The highest BCUT2D eigenvalue weighted by Gasteiger charge is 2.15. The first-order chi connectivity index (χ1) is 12.3. The van der Waals surface area contributed by atoms with E-state index in [0.717, 1.165) is 14.7 Å². The molecule has 3 aromatic rings. The fourth-order valence-electron chi connectivity index (χ4n) is 2.29. The molecule has 0 saturated heterocycles. The van der Waals surface area contributed by atoms with Gasteiger partial charge in [-0.2, -0.15) is 5.10 Å². The van der Waals surface area contributed by atoms with Gasteiger partial charge in [-0.1, -0.05) is 78.9 Å². The molecule has 122 valence electrons. The molecule has 0 spiro atoms. The minimum atomic E-state index is -0.147. The molecule has 3 nitrogen and oxygen atoms in total. The minimum absolute atomic E-state index is 0.147. The Morgan fingerprint density at radius 3 is 1.96 bits per heavy atom. The molecule has 0 unspecified atom stereocenters. The SMILES string of the molecule is O=C(/C(=N\N=C/c1ccccc1I)c1ccccc1)c1ccccc1. The lowest BCUT2D eigenvalue weighted by molar-refractivity contribution is 0.106. The predicted molar refractivity (Wildman–Crippen MR) is 111 cm³/mol. The van der Waals surface area contributed by atoms with Gasteiger partial charge in [0.05, 0.1) is 6.21 Å². The third-order valence-electron chi connectivity index (χ3n) is 3.56. The van der Waals surface area contributed by atoms with Crippen molar-refractivity contribution in [1.82, 2.24) is 0 Å². The van der Waals surface area contributed by atoms with Gasteiger partial charge in [-0.25, -0.2) is 0 Å². The van der Waals surface area contributed by atoms with E-state index in [9.17, 15) is 4.79 Å². The first kappa shape index (κ1) is 17.2. The summed E-state index contributed by atoms with van der Waals surface area (Å²) in [7, 11) is 0. The van der Waals surface area contributed by atoms with Crippen molar-refractivity contribution in [2.75, 3.05) is 0 Å². The average Bonchev–Trinajstić information content (AvgIpc) is 2.67. The van der Waals surface area contributed by atoms with Gasteiger partial charge < -0.3 is 0 Å². The van der Waals surface area contributed by atoms with Crippen LogP contribution in [-0.2, 0) is 0 Å². The van der Waals surface area contributed by atoms with Gasteiger partial charge in [-0.05, 0) is 28.7 Å². The molecular weight excluding hydrogens is 423 g/mol. The van der Waals surface area contributed by atoms with Crippen LogP contribution >= 0.6 is 22.6 Å². The Labute approximate surface area is 160 Å². The van der Waals surface area contributed by atoms with Crippen LogP contribution in [0.15, 0.2) is 95.1 Å². The van der Waals surface area contributed by atoms with Gasteiger partial charge in [-0.15, -0.1) is 5.10 Å². The standard InChI is InChI=1S/C21H15IN2O/c22-19-14-8-7-13-18(19)15-23-24-20(16-9-3-1-4-10-16)21(25)17-11-5-2-6-12-17/h1-15H/b23-15-,24-20-. The Kier molecular flexibility index (Phi) is 5.85. The zero-order valence-corrected chi connectivity index (χ0v) is 15.5. The van der Waals surface area contributed by atoms with Crippen molar-refractivity contribution in [1.29, 1.82) is 0 Å². The van der Waals surface area contributed by atoms with Crippen molar-refractivity contribution in [2.24, 2.45) is 10.2 Å². The maximum absolute atomic E-state index is 12.8. The monoisotopic (exact) mass is 438 g/mol. The van der Waals surface area contributed by atoms with Gasteiger partial charge >= 0.3 is 0 Å². The molecule has 0 saturated carbocycles. The van der Waals surface area contributed by atoms with E-state index in [-0.39, 0.29) is 5.78 Å². The number of hydrogen-bond acceptors (Lipinski definition) is 3. The topological polar surface area (TPSA) is 41.8 Å². The summed E-state index contributed by atoms with van der Waals surface area (Å²) in [6, 6.07) is 26.4. The molecule has 4 heteroatoms. The summed E-state index contributed by atoms with van der Waals surface area (Å²) in [5, 5.41) is 8.40. The van der Waals surface area contributed by atoms with Crippen LogP contribution in [-0.4, -0.2) is 17.7 Å². The van der Waals surface area contributed by atoms with Crippen molar-refractivity contribution in [3.8, 4) is 0 Å². The second kappa shape index (κ2) is 8.48. The van der Waals surface area contributed by atoms with E-state index in [2.05, 4.69) is 32.8 Å². The summed E-state index contributed by atoms with van der Waals surface area (Å²) >= 11 is 2.25. The van der Waals surface area contributed by atoms with Gasteiger partial charge in [0.2, 0.25) is 5.78 Å². The second-order valence-corrected chi connectivity index (χ2v) is 6.44. The third-order valence-corrected chi connectivity index (χ3v) is 4.54. The van der Waals surface area contributed by atoms with E-state index in [1.165, 1.54) is 0 Å². The molecule has 0 atom stereocenters. The molecule has 0 bridgehead atoms. The molecule has 25 heavy (non-hydrogen) atoms. The van der Waals surface area contributed by atoms with Crippen molar-refractivity contribution in [2.45, 2.75) is 0 Å². The van der Waals surface area contributed by atoms with Gasteiger partial charge in [0.25, 0.3) is 0 Å². The van der Waals surface area contributed by atoms with Crippen molar-refractivity contribution >= 4 is 40.3 Å². The fourth-order valence-corrected chi connectivity index (χ4v) is 2.81. The van der Waals surface area contributed by atoms with Crippen LogP contribution in [0.25, 0.3) is 0 Å².